The molecule has 8 heterocycles. The van der Waals surface area contributed by atoms with Crippen LogP contribution in [0, 0.1) is 11.8 Å². The molecule has 4 aromatic carbocycles. The highest BCUT2D eigenvalue weighted by Gasteiger charge is 2.52. The van der Waals surface area contributed by atoms with Crippen LogP contribution in [0.1, 0.15) is 182 Å². The molecule has 10 aromatic rings. The molecule has 0 radical (unpaired) electrons. The number of carbonyl (C=O) groups is 3. The molecule has 126 heavy (non-hydrogen) atoms. The molecule has 2 aliphatic heterocycles. The second-order valence-corrected chi connectivity index (χ2v) is 47.4. The van der Waals surface area contributed by atoms with Crippen LogP contribution in [0.2, 0.25) is 0 Å². The van der Waals surface area contributed by atoms with Gasteiger partial charge in [0.2, 0.25) is 9.84 Å². The minimum absolute atomic E-state index is 0. The van der Waals surface area contributed by atoms with Crippen molar-refractivity contribution in [1.29, 1.82) is 0 Å². The fourth-order valence-corrected chi connectivity index (χ4v) is 23.2. The standard InChI is InChI=1S/C22H31NO2S2.C18H27BrO2S2.C16H16N2S3.C15H15N3O4S3.C14H23BN2O4.C6H7BrS.CH4/c1-4-6-7-17(5-2)16-25-22(24)9-11-27-21-13-19(12-20(14-21)26-3)18-8-10-23-15-18;1-4-6-7-14(5-2)13-21-18(20)8-9-23-17-11-15(19)10-16(12-17)22-3;1-3-13-4-5-16(20-13)21-15-7-11(6-14(8-15)19-2)12-9-17-18-10-12;1-24(19,20)13-4-10(11-8-17-18-9-11)5-14(6-13)25(21,22)15-3-2-12(7-16)23-15;1-12(2,3)19-11(18)17-9-10(8-16-17)15-20-13(4,5)14(6,7)21-15;1-2-5-3-4-6(7)8-5;/h8,12-15,17H,4-7,9-11,16H2,1-3H3;10-12,14H,4-9,13H2,1-3H3;4-10H,3H2,1-2H3,(H,17,18);2-6,8-9H,7,16H2,1H3,(H,17,18);8-9H,1-7H3;3-4H,2H2,1H3;1H4. The summed E-state index contributed by atoms with van der Waals surface area (Å²) in [5, 5.41) is 17.4. The number of esters is 2. The molecule has 34 heteroatoms. The summed E-state index contributed by atoms with van der Waals surface area (Å²) < 4.78 is 82.8. The molecule has 2 unspecified atom stereocenters. The highest BCUT2D eigenvalue weighted by Crippen LogP contribution is 2.41. The number of carbonyl (C=O) groups excluding carboxylic acids is 3. The lowest BCUT2D eigenvalue weighted by molar-refractivity contribution is -0.145. The van der Waals surface area contributed by atoms with Crippen molar-refractivity contribution in [2.45, 2.75) is 245 Å². The zero-order chi connectivity index (χ0) is 91.5. The highest BCUT2D eigenvalue weighted by molar-refractivity contribution is 9.11. The van der Waals surface area contributed by atoms with Gasteiger partial charge in [-0.25, -0.2) is 21.6 Å². The number of thioether (sulfide) groups is 5. The van der Waals surface area contributed by atoms with Gasteiger partial charge in [-0.3, -0.25) is 24.8 Å². The molecule has 686 valence electrons. The predicted octanol–water partition coefficient (Wildman–Crippen LogP) is 25.6. The lowest BCUT2D eigenvalue weighted by Crippen LogP contribution is -2.41. The third-order valence-electron chi connectivity index (χ3n) is 19.8. The predicted molar refractivity (Wildman–Crippen MR) is 541 cm³/mol. The zero-order valence-electron chi connectivity index (χ0n) is 74.4. The molecule has 12 rings (SSSR count). The third-order valence-corrected chi connectivity index (χ3v) is 32.8. The Morgan fingerprint density at radius 2 is 1.12 bits per heavy atom. The number of hydrogen-bond donors (Lipinski definition) is 3. The number of allylic oxidation sites excluding steroid dienone is 1. The first kappa shape index (κ1) is 109. The van der Waals surface area contributed by atoms with E-state index in [9.17, 15) is 31.2 Å². The minimum atomic E-state index is -3.86. The van der Waals surface area contributed by atoms with E-state index in [4.69, 9.17) is 29.3 Å². The molecule has 0 saturated carbocycles. The smallest absolute Gasteiger partial charge is 0.465 e. The number of aliphatic imine (C=N–C) groups is 1. The Morgan fingerprint density at radius 1 is 0.619 bits per heavy atom. The molecule has 1 fully saturated rings. The summed E-state index contributed by atoms with van der Waals surface area (Å²) >= 11 is 22.2. The Kier molecular flexibility index (Phi) is 47.1. The lowest BCUT2D eigenvalue weighted by Gasteiger charge is -2.32. The number of thiophene rings is 3. The second kappa shape index (κ2) is 54.4. The van der Waals surface area contributed by atoms with Crippen LogP contribution in [0.4, 0.5) is 4.79 Å². The number of aromatic amines is 2. The quantitative estimate of drug-likeness (QED) is 0.0144. The summed E-state index contributed by atoms with van der Waals surface area (Å²) in [5.41, 5.74) is 10.6. The minimum Gasteiger partial charge on any atom is -0.465 e. The third kappa shape index (κ3) is 36.5. The van der Waals surface area contributed by atoms with Gasteiger partial charge in [0.1, 0.15) is 9.81 Å². The van der Waals surface area contributed by atoms with Gasteiger partial charge in [-0.05, 0) is 252 Å². The molecule has 4 N–H and O–H groups in total. The van der Waals surface area contributed by atoms with Crippen LogP contribution < -0.4 is 11.2 Å². The monoisotopic (exact) mass is 2050 g/mol. The average molecular weight is 2060 g/mol. The first-order chi connectivity index (χ1) is 59.5. The molecular weight excluding hydrogens is 1930 g/mol. The van der Waals surface area contributed by atoms with Crippen LogP contribution in [0.25, 0.3) is 27.8 Å². The van der Waals surface area contributed by atoms with Crippen molar-refractivity contribution in [3.05, 3.63) is 181 Å². The Labute approximate surface area is 803 Å². The number of sulfone groups is 2. The fraction of sp³-hybridized carbons (Fsp3) is 0.446. The van der Waals surface area contributed by atoms with Crippen LogP contribution in [-0.4, -0.2) is 151 Å². The zero-order valence-corrected chi connectivity index (χ0v) is 86.6. The number of aromatic nitrogens is 6. The van der Waals surface area contributed by atoms with E-state index in [0.717, 1.165) is 93.8 Å². The average Bonchev–Trinajstić information content (AvgIpc) is 1.54. The van der Waals surface area contributed by atoms with Gasteiger partial charge in [0.05, 0.1) is 74.0 Å². The summed E-state index contributed by atoms with van der Waals surface area (Å²) in [7, 11) is -7.99. The van der Waals surface area contributed by atoms with Crippen molar-refractivity contribution in [2.75, 3.05) is 56.3 Å². The van der Waals surface area contributed by atoms with Crippen LogP contribution in [-0.2, 0) is 72.2 Å². The number of unbranched alkanes of at least 4 members (excludes halogenated alkanes) is 2. The maximum atomic E-state index is 12.9. The normalized spacial score (nSPS) is 13.6. The Bertz CT molecular complexity index is 5300. The Hall–Kier alpha value is -5.67. The number of aryl methyl sites for hydroxylation is 2. The van der Waals surface area contributed by atoms with E-state index in [1.807, 2.05) is 90.2 Å². The van der Waals surface area contributed by atoms with Crippen molar-refractivity contribution >= 4 is 199 Å². The van der Waals surface area contributed by atoms with Crippen LogP contribution >= 0.6 is 136 Å². The van der Waals surface area contributed by atoms with Crippen molar-refractivity contribution < 1.29 is 54.7 Å². The first-order valence-electron chi connectivity index (χ1n) is 41.5. The van der Waals surface area contributed by atoms with Gasteiger partial charge >= 0.3 is 25.2 Å². The lowest BCUT2D eigenvalue weighted by atomic mass is 9.82. The molecule has 0 spiro atoms. The Morgan fingerprint density at radius 3 is 1.59 bits per heavy atom. The molecule has 20 nitrogen and oxygen atoms in total. The molecule has 0 amide bonds. The van der Waals surface area contributed by atoms with Gasteiger partial charge < -0.3 is 29.3 Å². The van der Waals surface area contributed by atoms with Gasteiger partial charge in [-0.1, -0.05) is 121 Å². The van der Waals surface area contributed by atoms with Crippen molar-refractivity contribution in [2.24, 2.45) is 22.6 Å². The first-order valence-corrected chi connectivity index (χ1v) is 55.4. The van der Waals surface area contributed by atoms with E-state index in [1.54, 1.807) is 94.8 Å². The number of nitrogens with zero attached hydrogens (tertiary/aromatic N) is 5. The van der Waals surface area contributed by atoms with Crippen molar-refractivity contribution in [3.63, 3.8) is 0 Å². The van der Waals surface area contributed by atoms with Crippen LogP contribution in [0.3, 0.4) is 0 Å². The van der Waals surface area contributed by atoms with Gasteiger partial charge in [0, 0.05) is 120 Å². The van der Waals surface area contributed by atoms with E-state index in [0.29, 0.717) is 54.5 Å². The van der Waals surface area contributed by atoms with Gasteiger partial charge in [0.15, 0.2) is 9.84 Å². The number of rotatable bonds is 35. The molecular formula is C92H123BBr2N8O12S11. The number of halogens is 2. The number of benzene rings is 4. The number of H-pyrrole nitrogens is 2. The fourth-order valence-electron chi connectivity index (χ4n) is 11.8. The summed E-state index contributed by atoms with van der Waals surface area (Å²) in [6, 6.07) is 35.5. The molecule has 1 saturated heterocycles. The molecule has 0 bridgehead atoms. The van der Waals surface area contributed by atoms with E-state index < -0.39 is 49.7 Å². The number of ether oxygens (including phenoxy) is 3. The van der Waals surface area contributed by atoms with E-state index >= 15 is 0 Å². The van der Waals surface area contributed by atoms with Crippen molar-refractivity contribution in [1.82, 2.24) is 30.2 Å². The van der Waals surface area contributed by atoms with Crippen LogP contribution in [0.5, 0.6) is 0 Å². The molecule has 6 aromatic heterocycles. The summed E-state index contributed by atoms with van der Waals surface area (Å²) in [6.07, 6.45) is 33.3. The second-order valence-electron chi connectivity index (χ2n) is 31.1. The van der Waals surface area contributed by atoms with Gasteiger partial charge in [0.25, 0.3) is 0 Å². The highest BCUT2D eigenvalue weighted by atomic mass is 79.9. The summed E-state index contributed by atoms with van der Waals surface area (Å²) in [6.45, 7) is 28.6. The molecule has 2 aliphatic rings. The largest absolute Gasteiger partial charge is 0.498 e. The summed E-state index contributed by atoms with van der Waals surface area (Å²) in [5.74, 6) is 2.37. The molecule has 0 aliphatic carbocycles. The van der Waals surface area contributed by atoms with Crippen molar-refractivity contribution in [3.8, 4) is 22.3 Å². The SMILES string of the molecule is C.CC(C)(C)OC(=O)n1cc(B2OC(C)(C)C(C)(C)O2)cn1.CCCCC(CC)COC(=O)CCSc1cc(Br)cc(SC)c1.CCCCC(CC)COC(=O)CCSc1cc(SC)cc(C2=CCN=C2)c1.CCc1ccc(Br)s1.CCc1ccc(Sc2cc(SC)cc(-c3cn[nH]c3)c2)s1.CS(=O)(=O)c1cc(-c2cn[nH]c2)cc(S(=O)(=O)c2ccc(CN)s2)c1. The maximum Gasteiger partial charge on any atom is 0.498 e. The van der Waals surface area contributed by atoms with E-state index in [-0.39, 0.29) is 39.9 Å². The molecule has 2 atom stereocenters. The van der Waals surface area contributed by atoms with Gasteiger partial charge in [-0.15, -0.1) is 92.8 Å². The van der Waals surface area contributed by atoms with E-state index in [2.05, 4.69) is 208 Å². The number of hydrogen-bond acceptors (Lipinski definition) is 26. The maximum absolute atomic E-state index is 12.9. The van der Waals surface area contributed by atoms with E-state index in [1.165, 1.54) is 120 Å². The van der Waals surface area contributed by atoms with Gasteiger partial charge in [-0.2, -0.15) is 20.0 Å². The van der Waals surface area contributed by atoms with Crippen LogP contribution in [0.15, 0.2) is 213 Å². The Balaban J connectivity index is 0.000000238. The topological polar surface area (TPSA) is 279 Å². The number of nitrogens with two attached hydrogens (primary N) is 1. The summed E-state index contributed by atoms with van der Waals surface area (Å²) in [4.78, 5) is 51.0. The number of nitrogens with one attached hydrogen (secondary N) is 2.